The summed E-state index contributed by atoms with van der Waals surface area (Å²) in [5, 5.41) is 6.17. The fourth-order valence-electron chi connectivity index (χ4n) is 3.38. The number of primary amides is 1. The van der Waals surface area contributed by atoms with E-state index in [1.807, 2.05) is 52.8 Å². The molecular weight excluding hydrogens is 448 g/mol. The highest BCUT2D eigenvalue weighted by molar-refractivity contribution is 5.98. The standard InChI is InChI=1S/C26H34N4O2.2C2H6.2H2/c1-18-13-15-23(16-14-18)25(19(2)22-10-6-5-7-11-22)30-20(3)29-24(26(27)32)12-8-9-17-28-21(4)31;2*1-2;;/h5-7,10-11,13-16,24H,8-9,12,17H2,1-4H3,(H2,27,32)(H,28,31)(H,29,30);2*1-2H3;2*1H/b25-19+;;;;/t24-;;;;/m0..../s1. The Morgan fingerprint density at radius 1 is 0.889 bits per heavy atom. The summed E-state index contributed by atoms with van der Waals surface area (Å²) >= 11 is 0. The lowest BCUT2D eigenvalue weighted by Crippen LogP contribution is -2.31. The van der Waals surface area contributed by atoms with Gasteiger partial charge < -0.3 is 16.4 Å². The van der Waals surface area contributed by atoms with Gasteiger partial charge in [0.05, 0.1) is 11.5 Å². The molecule has 0 bridgehead atoms. The average Bonchev–Trinajstić information content (AvgIpc) is 2.89. The lowest BCUT2D eigenvalue weighted by atomic mass is 10.00. The first-order valence-corrected chi connectivity index (χ1v) is 13.0. The zero-order chi connectivity index (χ0) is 27.5. The Morgan fingerprint density at radius 3 is 2.00 bits per heavy atom. The molecule has 0 aliphatic rings. The Bertz CT molecular complexity index is 976. The number of allylic oxidation sites excluding steroid dienone is 1. The summed E-state index contributed by atoms with van der Waals surface area (Å²) in [5.74, 6) is 0.117. The molecule has 1 atom stereocenters. The minimum absolute atomic E-state index is 0. The van der Waals surface area contributed by atoms with E-state index in [1.165, 1.54) is 12.5 Å². The molecule has 0 fully saturated rings. The highest BCUT2D eigenvalue weighted by Gasteiger charge is 2.15. The molecule has 0 unspecified atom stereocenters. The number of amides is 2. The minimum atomic E-state index is -0.615. The van der Waals surface area contributed by atoms with Crippen LogP contribution in [0.25, 0.3) is 11.3 Å². The van der Waals surface area contributed by atoms with Crippen LogP contribution in [0.15, 0.2) is 59.6 Å². The fraction of sp³-hybridized carbons (Fsp3) is 0.433. The number of carbonyl (C=O) groups is 2. The van der Waals surface area contributed by atoms with Gasteiger partial charge in [0, 0.05) is 16.3 Å². The quantitative estimate of drug-likeness (QED) is 0.149. The molecular formula is C30H50N4O2. The van der Waals surface area contributed by atoms with Crippen LogP contribution in [-0.4, -0.2) is 30.2 Å². The number of aryl methyl sites for hydroxylation is 1. The van der Waals surface area contributed by atoms with Crippen LogP contribution in [-0.2, 0) is 9.59 Å². The smallest absolute Gasteiger partial charge is 0.242 e. The van der Waals surface area contributed by atoms with Crippen LogP contribution < -0.4 is 16.4 Å². The number of benzene rings is 2. The van der Waals surface area contributed by atoms with Gasteiger partial charge in [0.2, 0.25) is 11.8 Å². The van der Waals surface area contributed by atoms with E-state index in [0.29, 0.717) is 18.8 Å². The van der Waals surface area contributed by atoms with Gasteiger partial charge in [-0.15, -0.1) is 0 Å². The van der Waals surface area contributed by atoms with E-state index in [4.69, 9.17) is 5.73 Å². The molecule has 0 aromatic heterocycles. The predicted molar refractivity (Wildman–Crippen MR) is 159 cm³/mol. The van der Waals surface area contributed by atoms with E-state index in [0.717, 1.165) is 35.2 Å². The summed E-state index contributed by atoms with van der Waals surface area (Å²) in [7, 11) is 0. The van der Waals surface area contributed by atoms with Crippen LogP contribution in [0.4, 0.5) is 0 Å². The third-order valence-electron chi connectivity index (χ3n) is 5.18. The predicted octanol–water partition coefficient (Wildman–Crippen LogP) is 6.60. The van der Waals surface area contributed by atoms with Crippen molar-refractivity contribution in [3.63, 3.8) is 0 Å². The number of rotatable bonds is 10. The number of nitrogens with zero attached hydrogens (tertiary/aromatic N) is 1. The lowest BCUT2D eigenvalue weighted by molar-refractivity contribution is -0.120. The van der Waals surface area contributed by atoms with Crippen molar-refractivity contribution in [2.24, 2.45) is 10.7 Å². The van der Waals surface area contributed by atoms with Crippen molar-refractivity contribution >= 4 is 28.9 Å². The number of hydrogen-bond donors (Lipinski definition) is 3. The van der Waals surface area contributed by atoms with Crippen LogP contribution in [0.3, 0.4) is 0 Å². The van der Waals surface area contributed by atoms with E-state index in [1.54, 1.807) is 0 Å². The third kappa shape index (κ3) is 12.3. The number of hydrogen-bond acceptors (Lipinski definition) is 3. The van der Waals surface area contributed by atoms with Gasteiger partial charge in [-0.2, -0.15) is 0 Å². The van der Waals surface area contributed by atoms with Crippen molar-refractivity contribution in [3.05, 3.63) is 71.3 Å². The van der Waals surface area contributed by atoms with Gasteiger partial charge in [-0.3, -0.25) is 14.6 Å². The number of amidine groups is 1. The van der Waals surface area contributed by atoms with Crippen LogP contribution in [0, 0.1) is 6.92 Å². The van der Waals surface area contributed by atoms with Gasteiger partial charge in [-0.1, -0.05) is 87.9 Å². The maximum Gasteiger partial charge on any atom is 0.242 e. The fourth-order valence-corrected chi connectivity index (χ4v) is 3.38. The molecule has 0 aliphatic heterocycles. The van der Waals surface area contributed by atoms with Crippen molar-refractivity contribution in [2.75, 3.05) is 6.54 Å². The average molecular weight is 499 g/mol. The Balaban J connectivity index is -0.00000194. The van der Waals surface area contributed by atoms with E-state index >= 15 is 0 Å². The molecule has 202 valence electrons. The summed E-state index contributed by atoms with van der Waals surface area (Å²) in [6.07, 6.45) is 2.05. The second kappa shape index (κ2) is 18.9. The maximum atomic E-state index is 12.0. The molecule has 6 nitrogen and oxygen atoms in total. The van der Waals surface area contributed by atoms with E-state index < -0.39 is 11.9 Å². The minimum Gasteiger partial charge on any atom is -0.368 e. The normalized spacial score (nSPS) is 12.1. The van der Waals surface area contributed by atoms with Crippen molar-refractivity contribution in [1.82, 2.24) is 10.6 Å². The number of nitrogens with one attached hydrogen (secondary N) is 2. The lowest BCUT2D eigenvalue weighted by Gasteiger charge is -2.17. The second-order valence-electron chi connectivity index (χ2n) is 7.97. The number of unbranched alkanes of at least 4 members (excludes halogenated alkanes) is 1. The highest BCUT2D eigenvalue weighted by Crippen LogP contribution is 2.24. The number of nitrogens with two attached hydrogens (primary N) is 1. The summed E-state index contributed by atoms with van der Waals surface area (Å²) in [6, 6.07) is 17.8. The van der Waals surface area contributed by atoms with Crippen molar-refractivity contribution < 1.29 is 12.4 Å². The van der Waals surface area contributed by atoms with Crippen molar-refractivity contribution in [2.45, 2.75) is 80.7 Å². The molecule has 2 rings (SSSR count). The summed E-state index contributed by atoms with van der Waals surface area (Å²) in [4.78, 5) is 27.5. The van der Waals surface area contributed by atoms with Gasteiger partial charge in [0.1, 0.15) is 6.04 Å². The first-order valence-electron chi connectivity index (χ1n) is 13.0. The summed E-state index contributed by atoms with van der Waals surface area (Å²) in [6.45, 7) is 16.0. The Kier molecular flexibility index (Phi) is 17.1. The molecule has 36 heavy (non-hydrogen) atoms. The van der Waals surface area contributed by atoms with Gasteiger partial charge in [0.25, 0.3) is 0 Å². The Labute approximate surface area is 221 Å². The molecule has 0 aliphatic carbocycles. The monoisotopic (exact) mass is 498 g/mol. The largest absolute Gasteiger partial charge is 0.368 e. The first kappa shape index (κ1) is 32.6. The molecule has 2 aromatic carbocycles. The Morgan fingerprint density at radius 2 is 1.47 bits per heavy atom. The molecule has 4 N–H and O–H groups in total. The van der Waals surface area contributed by atoms with Crippen molar-refractivity contribution in [3.8, 4) is 0 Å². The summed E-state index contributed by atoms with van der Waals surface area (Å²) < 4.78 is 0. The van der Waals surface area contributed by atoms with Gasteiger partial charge in [-0.25, -0.2) is 0 Å². The van der Waals surface area contributed by atoms with Crippen LogP contribution in [0.1, 0.15) is 87.3 Å². The molecule has 0 radical (unpaired) electrons. The molecule has 0 saturated heterocycles. The molecule has 2 aromatic rings. The SMILES string of the molecule is CC.CC.CC(=O)NCCCC[C@H](N=C(C)N/C(=C(\C)c1ccccc1)c1ccc(C)cc1)C(N)=O.[HH].[HH]. The third-order valence-corrected chi connectivity index (χ3v) is 5.18. The molecule has 0 spiro atoms. The highest BCUT2D eigenvalue weighted by atomic mass is 16.1. The van der Waals surface area contributed by atoms with Gasteiger partial charge in [-0.05, 0) is 56.7 Å². The molecule has 6 heteroatoms. The zero-order valence-electron chi connectivity index (χ0n) is 23.4. The van der Waals surface area contributed by atoms with E-state index in [9.17, 15) is 9.59 Å². The molecule has 0 heterocycles. The number of carbonyl (C=O) groups excluding carboxylic acids is 2. The maximum absolute atomic E-state index is 12.0. The topological polar surface area (TPSA) is 96.6 Å². The van der Waals surface area contributed by atoms with Crippen molar-refractivity contribution in [1.29, 1.82) is 0 Å². The Hall–Kier alpha value is -3.41. The molecule has 0 saturated carbocycles. The summed E-state index contributed by atoms with van der Waals surface area (Å²) in [5.41, 5.74) is 10.9. The zero-order valence-corrected chi connectivity index (χ0v) is 23.4. The molecule has 2 amide bonds. The van der Waals surface area contributed by atoms with Gasteiger partial charge >= 0.3 is 0 Å². The van der Waals surface area contributed by atoms with Gasteiger partial charge in [0.15, 0.2) is 0 Å². The van der Waals surface area contributed by atoms with E-state index in [2.05, 4.69) is 65.9 Å². The van der Waals surface area contributed by atoms with Crippen LogP contribution >= 0.6 is 0 Å². The number of aliphatic imine (C=N–C) groups is 1. The van der Waals surface area contributed by atoms with Crippen LogP contribution in [0.5, 0.6) is 0 Å². The van der Waals surface area contributed by atoms with E-state index in [-0.39, 0.29) is 8.76 Å². The first-order chi connectivity index (χ1) is 17.3. The van der Waals surface area contributed by atoms with Crippen LogP contribution in [0.2, 0.25) is 0 Å². The second-order valence-corrected chi connectivity index (χ2v) is 7.97.